The first-order valence-corrected chi connectivity index (χ1v) is 5.06. The van der Waals surface area contributed by atoms with Crippen molar-refractivity contribution in [1.82, 2.24) is 5.32 Å². The van der Waals surface area contributed by atoms with E-state index in [1.165, 1.54) is 6.92 Å². The third-order valence-corrected chi connectivity index (χ3v) is 2.32. The van der Waals surface area contributed by atoms with Crippen LogP contribution in [0.1, 0.15) is 24.2 Å². The third-order valence-electron chi connectivity index (χ3n) is 2.32. The van der Waals surface area contributed by atoms with Crippen molar-refractivity contribution in [3.63, 3.8) is 0 Å². The lowest BCUT2D eigenvalue weighted by Crippen LogP contribution is -2.44. The highest BCUT2D eigenvalue weighted by Crippen LogP contribution is 2.02. The van der Waals surface area contributed by atoms with E-state index in [0.29, 0.717) is 5.56 Å². The molecule has 0 fully saturated rings. The van der Waals surface area contributed by atoms with Crippen LogP contribution in [0.3, 0.4) is 0 Å². The van der Waals surface area contributed by atoms with Gasteiger partial charge in [0.2, 0.25) is 5.78 Å². The zero-order valence-corrected chi connectivity index (χ0v) is 9.31. The van der Waals surface area contributed by atoms with Crippen molar-refractivity contribution in [3.05, 3.63) is 35.9 Å². The van der Waals surface area contributed by atoms with Crippen LogP contribution >= 0.6 is 0 Å². The second kappa shape index (κ2) is 5.53. The number of aliphatic hydroxyl groups is 1. The smallest absolute Gasteiger partial charge is 0.206 e. The zero-order valence-electron chi connectivity index (χ0n) is 9.31. The largest absolute Gasteiger partial charge is 0.371 e. The molecule has 4 heteroatoms. The van der Waals surface area contributed by atoms with Crippen molar-refractivity contribution in [2.24, 2.45) is 0 Å². The molecule has 86 valence electrons. The average Bonchev–Trinajstić information content (AvgIpc) is 2.28. The predicted molar refractivity (Wildman–Crippen MR) is 60.1 cm³/mol. The number of ketones is 2. The summed E-state index contributed by atoms with van der Waals surface area (Å²) in [5, 5.41) is 12.1. The molecule has 0 aromatic heterocycles. The minimum Gasteiger partial charge on any atom is -0.371 e. The summed E-state index contributed by atoms with van der Waals surface area (Å²) in [4.78, 5) is 22.6. The van der Waals surface area contributed by atoms with Gasteiger partial charge in [-0.3, -0.25) is 14.9 Å². The van der Waals surface area contributed by atoms with E-state index >= 15 is 0 Å². The van der Waals surface area contributed by atoms with Crippen LogP contribution < -0.4 is 5.32 Å². The number of carbonyl (C=O) groups excluding carboxylic acids is 2. The van der Waals surface area contributed by atoms with Gasteiger partial charge in [0.05, 0.1) is 6.04 Å². The van der Waals surface area contributed by atoms with Crippen molar-refractivity contribution >= 4 is 11.6 Å². The Morgan fingerprint density at radius 1 is 1.25 bits per heavy atom. The molecule has 0 aliphatic rings. The van der Waals surface area contributed by atoms with Crippen molar-refractivity contribution < 1.29 is 14.7 Å². The number of aliphatic hydroxyl groups excluding tert-OH is 1. The van der Waals surface area contributed by atoms with Crippen LogP contribution in [-0.2, 0) is 4.79 Å². The van der Waals surface area contributed by atoms with Gasteiger partial charge in [-0.05, 0) is 13.8 Å². The number of hydrogen-bond acceptors (Lipinski definition) is 4. The Morgan fingerprint density at radius 2 is 1.81 bits per heavy atom. The molecule has 0 heterocycles. The van der Waals surface area contributed by atoms with E-state index in [4.69, 9.17) is 0 Å². The Balaban J connectivity index is 2.65. The van der Waals surface area contributed by atoms with E-state index in [2.05, 4.69) is 5.32 Å². The molecule has 0 aliphatic carbocycles. The maximum absolute atomic E-state index is 11.7. The fourth-order valence-corrected chi connectivity index (χ4v) is 1.19. The monoisotopic (exact) mass is 221 g/mol. The summed E-state index contributed by atoms with van der Waals surface area (Å²) in [5.41, 5.74) is 0.415. The molecule has 0 radical (unpaired) electrons. The van der Waals surface area contributed by atoms with Gasteiger partial charge in [-0.25, -0.2) is 0 Å². The number of nitrogens with one attached hydrogen (secondary N) is 1. The highest BCUT2D eigenvalue weighted by Gasteiger charge is 2.20. The minimum atomic E-state index is -1.35. The van der Waals surface area contributed by atoms with Crippen LogP contribution in [0, 0.1) is 0 Å². The Bertz CT molecular complexity index is 375. The van der Waals surface area contributed by atoms with Crippen LogP contribution in [0.25, 0.3) is 0 Å². The minimum absolute atomic E-state index is 0.125. The molecule has 1 aromatic rings. The second-order valence-electron chi connectivity index (χ2n) is 3.63. The summed E-state index contributed by atoms with van der Waals surface area (Å²) >= 11 is 0. The van der Waals surface area contributed by atoms with Gasteiger partial charge in [0.1, 0.15) is 5.78 Å². The Kier molecular flexibility index (Phi) is 4.34. The molecule has 0 amide bonds. The van der Waals surface area contributed by atoms with E-state index in [9.17, 15) is 14.7 Å². The van der Waals surface area contributed by atoms with Gasteiger partial charge in [-0.2, -0.15) is 0 Å². The quantitative estimate of drug-likeness (QED) is 0.569. The van der Waals surface area contributed by atoms with Gasteiger partial charge in [-0.15, -0.1) is 0 Å². The Morgan fingerprint density at radius 3 is 2.31 bits per heavy atom. The summed E-state index contributed by atoms with van der Waals surface area (Å²) in [7, 11) is 0. The van der Waals surface area contributed by atoms with Gasteiger partial charge in [0.15, 0.2) is 6.23 Å². The lowest BCUT2D eigenvalue weighted by atomic mass is 10.1. The van der Waals surface area contributed by atoms with E-state index in [1.807, 2.05) is 0 Å². The first kappa shape index (κ1) is 12.5. The second-order valence-corrected chi connectivity index (χ2v) is 3.63. The molecule has 0 bridgehead atoms. The molecule has 2 atom stereocenters. The van der Waals surface area contributed by atoms with Crippen LogP contribution in [0.4, 0.5) is 0 Å². The van der Waals surface area contributed by atoms with E-state index in [1.54, 1.807) is 37.3 Å². The number of benzene rings is 1. The molecule has 0 aliphatic heterocycles. The predicted octanol–water partition coefficient (Wildman–Crippen LogP) is 0.755. The van der Waals surface area contributed by atoms with E-state index in [0.717, 1.165) is 0 Å². The number of Topliss-reactive ketones (excluding diaryl/α,β-unsaturated/α-hetero) is 2. The first-order valence-electron chi connectivity index (χ1n) is 5.06. The normalized spacial score (nSPS) is 14.2. The summed E-state index contributed by atoms with van der Waals surface area (Å²) in [5.74, 6) is -0.561. The highest BCUT2D eigenvalue weighted by atomic mass is 16.3. The molecule has 4 nitrogen and oxygen atoms in total. The molecule has 0 saturated heterocycles. The van der Waals surface area contributed by atoms with E-state index < -0.39 is 18.1 Å². The summed E-state index contributed by atoms with van der Waals surface area (Å²) in [6.07, 6.45) is -1.35. The topological polar surface area (TPSA) is 66.4 Å². The molecular formula is C12H15NO3. The fraction of sp³-hybridized carbons (Fsp3) is 0.333. The van der Waals surface area contributed by atoms with Crippen molar-refractivity contribution in [3.8, 4) is 0 Å². The molecule has 0 saturated carbocycles. The summed E-state index contributed by atoms with van der Waals surface area (Å²) < 4.78 is 0. The molecule has 2 unspecified atom stereocenters. The number of rotatable bonds is 5. The Labute approximate surface area is 94.3 Å². The van der Waals surface area contributed by atoms with Crippen molar-refractivity contribution in [1.29, 1.82) is 0 Å². The average molecular weight is 221 g/mol. The van der Waals surface area contributed by atoms with Gasteiger partial charge in [0.25, 0.3) is 0 Å². The van der Waals surface area contributed by atoms with Gasteiger partial charge >= 0.3 is 0 Å². The Hall–Kier alpha value is -1.52. The molecule has 2 N–H and O–H groups in total. The zero-order chi connectivity index (χ0) is 12.1. The summed E-state index contributed by atoms with van der Waals surface area (Å²) in [6.45, 7) is 3.00. The highest BCUT2D eigenvalue weighted by molar-refractivity contribution is 5.99. The maximum Gasteiger partial charge on any atom is 0.206 e. The van der Waals surface area contributed by atoms with Crippen LogP contribution in [0.2, 0.25) is 0 Å². The van der Waals surface area contributed by atoms with Crippen molar-refractivity contribution in [2.45, 2.75) is 26.1 Å². The third kappa shape index (κ3) is 3.25. The van der Waals surface area contributed by atoms with Crippen LogP contribution in [0.15, 0.2) is 30.3 Å². The molecule has 1 aromatic carbocycles. The number of hydrogen-bond donors (Lipinski definition) is 2. The van der Waals surface area contributed by atoms with Crippen molar-refractivity contribution in [2.75, 3.05) is 0 Å². The van der Waals surface area contributed by atoms with Crippen LogP contribution in [-0.4, -0.2) is 28.9 Å². The molecule has 0 spiro atoms. The summed E-state index contributed by atoms with van der Waals surface area (Å²) in [6, 6.07) is 7.91. The molecule has 16 heavy (non-hydrogen) atoms. The maximum atomic E-state index is 11.7. The van der Waals surface area contributed by atoms with E-state index in [-0.39, 0.29) is 5.78 Å². The number of carbonyl (C=O) groups is 2. The van der Waals surface area contributed by atoms with Gasteiger partial charge in [-0.1, -0.05) is 30.3 Å². The lowest BCUT2D eigenvalue weighted by Gasteiger charge is -2.15. The SMILES string of the molecule is CC(=O)C(C)NC(O)C(=O)c1ccccc1. The van der Waals surface area contributed by atoms with Crippen LogP contribution in [0.5, 0.6) is 0 Å². The molecular weight excluding hydrogens is 206 g/mol. The first-order chi connectivity index (χ1) is 7.52. The fourth-order valence-electron chi connectivity index (χ4n) is 1.19. The standard InChI is InChI=1S/C12H15NO3/c1-8(9(2)14)13-12(16)11(15)10-6-4-3-5-7-10/h3-8,12-13,16H,1-2H3. The molecule has 1 rings (SSSR count). The lowest BCUT2D eigenvalue weighted by molar-refractivity contribution is -0.119. The van der Waals surface area contributed by atoms with Gasteiger partial charge in [0, 0.05) is 5.56 Å². The van der Waals surface area contributed by atoms with Gasteiger partial charge < -0.3 is 5.11 Å².